The van der Waals surface area contributed by atoms with E-state index in [4.69, 9.17) is 13.3 Å². The Balaban J connectivity index is 2.76. The maximum atomic E-state index is 6.57. The maximum Gasteiger partial charge on any atom is 0.184 e. The highest BCUT2D eigenvalue weighted by molar-refractivity contribution is 6.70. The minimum atomic E-state index is -1.53. The van der Waals surface area contributed by atoms with Crippen LogP contribution in [0.1, 0.15) is 19.8 Å². The fourth-order valence-corrected chi connectivity index (χ4v) is 5.95. The van der Waals surface area contributed by atoms with Gasteiger partial charge in [-0.15, -0.1) is 0 Å². The smallest absolute Gasteiger partial charge is 0.184 e. The van der Waals surface area contributed by atoms with Crippen LogP contribution in [0.5, 0.6) is 0 Å². The second-order valence-corrected chi connectivity index (χ2v) is 24.1. The summed E-state index contributed by atoms with van der Waals surface area (Å²) in [5.74, 6) is 1.79. The zero-order chi connectivity index (χ0) is 18.8. The molecule has 4 unspecified atom stereocenters. The Morgan fingerprint density at radius 2 is 1.21 bits per heavy atom. The Morgan fingerprint density at radius 3 is 1.67 bits per heavy atom. The molecule has 0 aliphatic heterocycles. The first kappa shape index (κ1) is 22.6. The van der Waals surface area contributed by atoms with Gasteiger partial charge in [0.15, 0.2) is 25.0 Å². The molecule has 0 aromatic rings. The molecule has 1 fully saturated rings. The van der Waals surface area contributed by atoms with E-state index in [1.807, 2.05) is 0 Å². The van der Waals surface area contributed by atoms with Crippen molar-refractivity contribution in [2.24, 2.45) is 17.8 Å². The van der Waals surface area contributed by atoms with Crippen molar-refractivity contribution in [3.05, 3.63) is 0 Å². The molecule has 24 heavy (non-hydrogen) atoms. The summed E-state index contributed by atoms with van der Waals surface area (Å²) in [5.41, 5.74) is 0. The van der Waals surface area contributed by atoms with Gasteiger partial charge < -0.3 is 13.3 Å². The first-order valence-corrected chi connectivity index (χ1v) is 19.8. The minimum absolute atomic E-state index is 0.371. The Bertz CT molecular complexity index is 382. The fourth-order valence-electron chi connectivity index (χ4n) is 3.28. The summed E-state index contributed by atoms with van der Waals surface area (Å²) in [7, 11) is -4.45. The van der Waals surface area contributed by atoms with E-state index < -0.39 is 25.0 Å². The summed E-state index contributed by atoms with van der Waals surface area (Å²) in [6.07, 6.45) is 2.75. The second kappa shape index (κ2) is 8.48. The number of hydrogen-bond donors (Lipinski definition) is 0. The van der Waals surface area contributed by atoms with E-state index in [2.05, 4.69) is 65.8 Å². The van der Waals surface area contributed by atoms with Crippen LogP contribution in [0, 0.1) is 17.8 Å². The molecule has 1 rings (SSSR count). The van der Waals surface area contributed by atoms with Crippen LogP contribution in [0.15, 0.2) is 0 Å². The molecule has 1 saturated carbocycles. The van der Waals surface area contributed by atoms with Crippen LogP contribution in [0.2, 0.25) is 58.9 Å². The average Bonchev–Trinajstić information content (AvgIpc) is 2.34. The van der Waals surface area contributed by atoms with Crippen LogP contribution in [0.4, 0.5) is 0 Å². The summed E-state index contributed by atoms with van der Waals surface area (Å²) < 4.78 is 19.1. The molecule has 0 aromatic carbocycles. The lowest BCUT2D eigenvalue weighted by Crippen LogP contribution is -2.46. The molecule has 1 aliphatic carbocycles. The average molecular weight is 391 g/mol. The Morgan fingerprint density at radius 1 is 0.708 bits per heavy atom. The van der Waals surface area contributed by atoms with Crippen molar-refractivity contribution in [3.63, 3.8) is 0 Å². The van der Waals surface area contributed by atoms with Gasteiger partial charge >= 0.3 is 0 Å². The van der Waals surface area contributed by atoms with Gasteiger partial charge in [0.25, 0.3) is 0 Å². The van der Waals surface area contributed by atoms with Crippen LogP contribution in [-0.4, -0.2) is 44.3 Å². The van der Waals surface area contributed by atoms with Crippen LogP contribution in [-0.2, 0) is 13.3 Å². The van der Waals surface area contributed by atoms with Gasteiger partial charge in [0, 0.05) is 19.3 Å². The first-order valence-electron chi connectivity index (χ1n) is 9.62. The van der Waals surface area contributed by atoms with Crippen LogP contribution in [0.3, 0.4) is 0 Å². The lowest BCUT2D eigenvalue weighted by Gasteiger charge is -2.43. The summed E-state index contributed by atoms with van der Waals surface area (Å²) in [5, 5.41) is 0. The highest BCUT2D eigenvalue weighted by Gasteiger charge is 2.39. The third-order valence-electron chi connectivity index (χ3n) is 4.52. The van der Waals surface area contributed by atoms with Gasteiger partial charge in [-0.25, -0.2) is 0 Å². The molecule has 0 saturated heterocycles. The molecule has 0 aromatic heterocycles. The molecule has 6 heteroatoms. The van der Waals surface area contributed by atoms with E-state index >= 15 is 0 Å². The van der Waals surface area contributed by atoms with E-state index in [0.29, 0.717) is 23.9 Å². The topological polar surface area (TPSA) is 27.7 Å². The zero-order valence-electron chi connectivity index (χ0n) is 17.9. The monoisotopic (exact) mass is 390 g/mol. The molecular weight excluding hydrogens is 348 g/mol. The standard InChI is InChI=1S/C18H42O3Si3/c1-15-17(14-20-23(5,6)7)11-16(13-19-22(2,3)4)12-18(15)21-24(8,9)10/h15-18H,11-14H2,1-10H3. The predicted molar refractivity (Wildman–Crippen MR) is 112 cm³/mol. The van der Waals surface area contributed by atoms with Gasteiger partial charge in [-0.2, -0.15) is 0 Å². The third-order valence-corrected chi connectivity index (χ3v) is 7.59. The van der Waals surface area contributed by atoms with E-state index in [9.17, 15) is 0 Å². The normalized spacial score (nSPS) is 29.8. The lowest BCUT2D eigenvalue weighted by molar-refractivity contribution is -0.00245. The highest BCUT2D eigenvalue weighted by atomic mass is 28.4. The quantitative estimate of drug-likeness (QED) is 0.507. The van der Waals surface area contributed by atoms with Gasteiger partial charge in [0.1, 0.15) is 0 Å². The Labute approximate surface area is 154 Å². The molecule has 144 valence electrons. The highest BCUT2D eigenvalue weighted by Crippen LogP contribution is 2.38. The summed E-state index contributed by atoms with van der Waals surface area (Å²) in [6.45, 7) is 24.7. The maximum absolute atomic E-state index is 6.57. The molecule has 4 atom stereocenters. The van der Waals surface area contributed by atoms with Gasteiger partial charge in [0.05, 0.1) is 0 Å². The SMILES string of the molecule is CC1C(CO[Si](C)(C)C)CC(CO[Si](C)(C)C)CC1O[Si](C)(C)C. The third kappa shape index (κ3) is 9.29. The fraction of sp³-hybridized carbons (Fsp3) is 1.00. The number of hydrogen-bond acceptors (Lipinski definition) is 3. The molecule has 1 aliphatic rings. The number of rotatable bonds is 8. The van der Waals surface area contributed by atoms with Crippen LogP contribution < -0.4 is 0 Å². The van der Waals surface area contributed by atoms with Crippen molar-refractivity contribution in [1.82, 2.24) is 0 Å². The molecule has 3 nitrogen and oxygen atoms in total. The summed E-state index contributed by atoms with van der Waals surface area (Å²) in [4.78, 5) is 0. The molecule has 0 heterocycles. The zero-order valence-corrected chi connectivity index (χ0v) is 20.9. The molecule has 0 radical (unpaired) electrons. The minimum Gasteiger partial charge on any atom is -0.417 e. The van der Waals surface area contributed by atoms with Crippen molar-refractivity contribution >= 4 is 25.0 Å². The second-order valence-electron chi connectivity index (χ2n) is 10.6. The van der Waals surface area contributed by atoms with Crippen molar-refractivity contribution in [1.29, 1.82) is 0 Å². The molecular formula is C18H42O3Si3. The van der Waals surface area contributed by atoms with E-state index in [-0.39, 0.29) is 0 Å². The molecule has 0 spiro atoms. The predicted octanol–water partition coefficient (Wildman–Crippen LogP) is 5.57. The lowest BCUT2D eigenvalue weighted by atomic mass is 9.74. The van der Waals surface area contributed by atoms with Crippen molar-refractivity contribution < 1.29 is 13.3 Å². The van der Waals surface area contributed by atoms with Gasteiger partial charge in [0.2, 0.25) is 0 Å². The van der Waals surface area contributed by atoms with E-state index in [0.717, 1.165) is 19.6 Å². The van der Waals surface area contributed by atoms with Crippen LogP contribution >= 0.6 is 0 Å². The van der Waals surface area contributed by atoms with Crippen molar-refractivity contribution in [2.45, 2.75) is 84.8 Å². The largest absolute Gasteiger partial charge is 0.417 e. The van der Waals surface area contributed by atoms with Gasteiger partial charge in [-0.05, 0) is 89.5 Å². The molecule has 0 bridgehead atoms. The van der Waals surface area contributed by atoms with Gasteiger partial charge in [-0.1, -0.05) is 6.92 Å². The first-order chi connectivity index (χ1) is 10.7. The van der Waals surface area contributed by atoms with Crippen molar-refractivity contribution in [3.8, 4) is 0 Å². The van der Waals surface area contributed by atoms with Crippen molar-refractivity contribution in [2.75, 3.05) is 13.2 Å². The molecule has 0 N–H and O–H groups in total. The van der Waals surface area contributed by atoms with Crippen LogP contribution in [0.25, 0.3) is 0 Å². The van der Waals surface area contributed by atoms with E-state index in [1.54, 1.807) is 0 Å². The Hall–Kier alpha value is 0.531. The summed E-state index contributed by atoms with van der Waals surface area (Å²) >= 11 is 0. The van der Waals surface area contributed by atoms with E-state index in [1.165, 1.54) is 6.42 Å². The Kier molecular flexibility index (Phi) is 7.98. The summed E-state index contributed by atoms with van der Waals surface area (Å²) in [6, 6.07) is 0. The van der Waals surface area contributed by atoms with Gasteiger partial charge in [-0.3, -0.25) is 0 Å². The molecule has 0 amide bonds.